The van der Waals surface area contributed by atoms with Crippen LogP contribution in [0, 0.1) is 5.92 Å². The Labute approximate surface area is 172 Å². The third kappa shape index (κ3) is 3.73. The molecule has 1 saturated heterocycles. The topological polar surface area (TPSA) is 73.9 Å². The Kier molecular flexibility index (Phi) is 4.73. The number of thiazole rings is 1. The highest BCUT2D eigenvalue weighted by Gasteiger charge is 2.27. The maximum atomic E-state index is 12.8. The van der Waals surface area contributed by atoms with Gasteiger partial charge in [-0.2, -0.15) is 0 Å². The number of hydrogen-bond donors (Lipinski definition) is 2. The van der Waals surface area contributed by atoms with Gasteiger partial charge in [0, 0.05) is 35.9 Å². The number of fused-ring (bicyclic) bond motifs is 1. The molecule has 4 aromatic rings. The van der Waals surface area contributed by atoms with Gasteiger partial charge in [0.05, 0.1) is 17.0 Å². The van der Waals surface area contributed by atoms with E-state index in [1.807, 2.05) is 60.1 Å². The van der Waals surface area contributed by atoms with E-state index in [4.69, 9.17) is 0 Å². The van der Waals surface area contributed by atoms with Crippen LogP contribution in [0.5, 0.6) is 0 Å². The molecule has 1 amide bonds. The molecule has 7 heteroatoms. The van der Waals surface area contributed by atoms with Crippen LogP contribution >= 0.6 is 11.3 Å². The minimum Gasteiger partial charge on any atom is -0.347 e. The number of anilines is 2. The highest BCUT2D eigenvalue weighted by atomic mass is 32.1. The fraction of sp³-hybridized carbons (Fsp3) is 0.227. The minimum absolute atomic E-state index is 0.0253. The lowest BCUT2D eigenvalue weighted by molar-refractivity contribution is -0.120. The Morgan fingerprint density at radius 2 is 2.03 bits per heavy atom. The number of nitrogens with zero attached hydrogens (tertiary/aromatic N) is 3. The van der Waals surface area contributed by atoms with E-state index < -0.39 is 0 Å². The van der Waals surface area contributed by atoms with Gasteiger partial charge in [-0.1, -0.05) is 12.1 Å². The number of aromatic nitrogens is 3. The molecule has 146 valence electrons. The van der Waals surface area contributed by atoms with Gasteiger partial charge in [-0.05, 0) is 49.2 Å². The zero-order valence-electron chi connectivity index (χ0n) is 15.8. The summed E-state index contributed by atoms with van der Waals surface area (Å²) in [5.74, 6) is 0.876. The van der Waals surface area contributed by atoms with Crippen LogP contribution in [0.15, 0.2) is 60.1 Å². The van der Waals surface area contributed by atoms with Crippen molar-refractivity contribution in [2.24, 2.45) is 5.92 Å². The minimum atomic E-state index is -0.0253. The molecular formula is C22H21N5OS. The second-order valence-corrected chi connectivity index (χ2v) is 8.14. The quantitative estimate of drug-likeness (QED) is 0.525. The molecule has 0 unspecified atom stereocenters. The first kappa shape index (κ1) is 17.9. The van der Waals surface area contributed by atoms with E-state index in [1.165, 1.54) is 0 Å². The summed E-state index contributed by atoms with van der Waals surface area (Å²) < 4.78 is 0. The summed E-state index contributed by atoms with van der Waals surface area (Å²) >= 11 is 1.62. The average Bonchev–Trinajstić information content (AvgIpc) is 3.44. The van der Waals surface area contributed by atoms with Gasteiger partial charge < -0.3 is 15.2 Å². The molecule has 0 aliphatic carbocycles. The van der Waals surface area contributed by atoms with E-state index in [9.17, 15) is 4.79 Å². The van der Waals surface area contributed by atoms with Crippen LogP contribution in [-0.4, -0.2) is 33.9 Å². The average molecular weight is 404 g/mol. The molecule has 2 aromatic heterocycles. The number of benzene rings is 2. The van der Waals surface area contributed by atoms with Crippen LogP contribution in [0.2, 0.25) is 0 Å². The van der Waals surface area contributed by atoms with Gasteiger partial charge in [-0.3, -0.25) is 4.79 Å². The Balaban J connectivity index is 1.26. The van der Waals surface area contributed by atoms with Crippen LogP contribution in [0.4, 0.5) is 10.8 Å². The Hall–Kier alpha value is -3.19. The van der Waals surface area contributed by atoms with Gasteiger partial charge in [-0.25, -0.2) is 9.97 Å². The smallest absolute Gasteiger partial charge is 0.229 e. The SMILES string of the molecule is O=C(Nc1ccc(-c2nc3ccccc3[nH]2)cc1)[C@H]1CCCN(c2nccs2)C1. The molecule has 0 spiro atoms. The Bertz CT molecular complexity index is 1090. The Morgan fingerprint density at radius 3 is 2.83 bits per heavy atom. The lowest BCUT2D eigenvalue weighted by Crippen LogP contribution is -2.40. The molecule has 0 radical (unpaired) electrons. The fourth-order valence-corrected chi connectivity index (χ4v) is 4.46. The second kappa shape index (κ2) is 7.67. The number of carbonyl (C=O) groups is 1. The molecule has 29 heavy (non-hydrogen) atoms. The van der Waals surface area contributed by atoms with Gasteiger partial charge in [-0.15, -0.1) is 11.3 Å². The van der Waals surface area contributed by atoms with Crippen molar-refractivity contribution in [2.45, 2.75) is 12.8 Å². The second-order valence-electron chi connectivity index (χ2n) is 7.27. The van der Waals surface area contributed by atoms with Crippen LogP contribution in [0.3, 0.4) is 0 Å². The monoisotopic (exact) mass is 403 g/mol. The first-order valence-electron chi connectivity index (χ1n) is 9.77. The van der Waals surface area contributed by atoms with E-state index >= 15 is 0 Å². The molecule has 5 rings (SSSR count). The largest absolute Gasteiger partial charge is 0.347 e. The lowest BCUT2D eigenvalue weighted by atomic mass is 9.97. The van der Waals surface area contributed by atoms with Crippen molar-refractivity contribution >= 4 is 39.1 Å². The number of hydrogen-bond acceptors (Lipinski definition) is 5. The standard InChI is InChI=1S/C22H21N5OS/c28-21(16-4-3-12-27(14-16)22-23-11-13-29-22)24-17-9-7-15(8-10-17)20-25-18-5-1-2-6-19(18)26-20/h1-2,5-11,13,16H,3-4,12,14H2,(H,24,28)(H,25,26)/t16-/m0/s1. The van der Waals surface area contributed by atoms with Crippen LogP contribution < -0.4 is 10.2 Å². The molecule has 2 N–H and O–H groups in total. The van der Waals surface area contributed by atoms with Crippen molar-refractivity contribution in [3.63, 3.8) is 0 Å². The van der Waals surface area contributed by atoms with E-state index in [2.05, 4.69) is 25.2 Å². The number of rotatable bonds is 4. The molecular weight excluding hydrogens is 382 g/mol. The van der Waals surface area contributed by atoms with Gasteiger partial charge >= 0.3 is 0 Å². The number of nitrogens with one attached hydrogen (secondary N) is 2. The van der Waals surface area contributed by atoms with Crippen molar-refractivity contribution in [1.29, 1.82) is 0 Å². The van der Waals surface area contributed by atoms with Gasteiger partial charge in [0.1, 0.15) is 5.82 Å². The molecule has 1 aliphatic rings. The summed E-state index contributed by atoms with van der Waals surface area (Å²) in [6.07, 6.45) is 3.72. The number of H-pyrrole nitrogens is 1. The summed E-state index contributed by atoms with van der Waals surface area (Å²) in [6, 6.07) is 15.8. The first-order valence-corrected chi connectivity index (χ1v) is 10.6. The normalized spacial score (nSPS) is 16.8. The van der Waals surface area contributed by atoms with Gasteiger partial charge in [0.2, 0.25) is 5.91 Å². The number of aromatic amines is 1. The number of para-hydroxylation sites is 2. The third-order valence-electron chi connectivity index (χ3n) is 5.30. The van der Waals surface area contributed by atoms with E-state index in [0.29, 0.717) is 0 Å². The Morgan fingerprint density at radius 1 is 1.17 bits per heavy atom. The molecule has 1 atom stereocenters. The molecule has 0 saturated carbocycles. The van der Waals surface area contributed by atoms with E-state index in [1.54, 1.807) is 11.3 Å². The third-order valence-corrected chi connectivity index (χ3v) is 6.13. The molecule has 1 fully saturated rings. The molecule has 3 heterocycles. The highest BCUT2D eigenvalue weighted by molar-refractivity contribution is 7.13. The number of carbonyl (C=O) groups excluding carboxylic acids is 1. The zero-order valence-corrected chi connectivity index (χ0v) is 16.7. The first-order chi connectivity index (χ1) is 14.3. The number of imidazole rings is 1. The summed E-state index contributed by atoms with van der Waals surface area (Å²) in [7, 11) is 0. The predicted octanol–water partition coefficient (Wildman–Crippen LogP) is 4.54. The van der Waals surface area contributed by atoms with Crippen molar-refractivity contribution < 1.29 is 4.79 Å². The van der Waals surface area contributed by atoms with E-state index in [-0.39, 0.29) is 11.8 Å². The lowest BCUT2D eigenvalue weighted by Gasteiger charge is -2.31. The fourth-order valence-electron chi connectivity index (χ4n) is 3.78. The number of piperidine rings is 1. The summed E-state index contributed by atoms with van der Waals surface area (Å²) in [5.41, 5.74) is 3.76. The molecule has 2 aromatic carbocycles. The maximum Gasteiger partial charge on any atom is 0.229 e. The van der Waals surface area contributed by atoms with Crippen LogP contribution in [0.1, 0.15) is 12.8 Å². The molecule has 6 nitrogen and oxygen atoms in total. The number of amides is 1. The van der Waals surface area contributed by atoms with Gasteiger partial charge in [0.25, 0.3) is 0 Å². The van der Waals surface area contributed by atoms with Crippen molar-refractivity contribution in [3.8, 4) is 11.4 Å². The van der Waals surface area contributed by atoms with Crippen molar-refractivity contribution in [3.05, 3.63) is 60.1 Å². The van der Waals surface area contributed by atoms with Crippen LogP contribution in [-0.2, 0) is 4.79 Å². The van der Waals surface area contributed by atoms with E-state index in [0.717, 1.165) is 59.2 Å². The van der Waals surface area contributed by atoms with Crippen LogP contribution in [0.25, 0.3) is 22.4 Å². The molecule has 0 bridgehead atoms. The maximum absolute atomic E-state index is 12.8. The van der Waals surface area contributed by atoms with Crippen molar-refractivity contribution in [2.75, 3.05) is 23.3 Å². The zero-order chi connectivity index (χ0) is 19.6. The highest BCUT2D eigenvalue weighted by Crippen LogP contribution is 2.26. The summed E-state index contributed by atoms with van der Waals surface area (Å²) in [5, 5.41) is 6.04. The van der Waals surface area contributed by atoms with Gasteiger partial charge in [0.15, 0.2) is 5.13 Å². The molecule has 1 aliphatic heterocycles. The summed E-state index contributed by atoms with van der Waals surface area (Å²) in [4.78, 5) is 27.3. The van der Waals surface area contributed by atoms with Crippen molar-refractivity contribution in [1.82, 2.24) is 15.0 Å². The summed E-state index contributed by atoms with van der Waals surface area (Å²) in [6.45, 7) is 1.68. The predicted molar refractivity (Wildman–Crippen MR) is 117 cm³/mol.